The summed E-state index contributed by atoms with van der Waals surface area (Å²) >= 11 is 3.18. The molecule has 24 heavy (non-hydrogen) atoms. The first-order valence-corrected chi connectivity index (χ1v) is 8.25. The maximum absolute atomic E-state index is 13.6. The second-order valence-corrected chi connectivity index (χ2v) is 6.28. The van der Waals surface area contributed by atoms with Gasteiger partial charge in [-0.3, -0.25) is 10.1 Å². The second-order valence-electron chi connectivity index (χ2n) is 5.43. The number of esters is 1. The summed E-state index contributed by atoms with van der Waals surface area (Å²) in [6.45, 7) is 1.51. The van der Waals surface area contributed by atoms with E-state index in [1.807, 2.05) is 30.3 Å². The Morgan fingerprint density at radius 2 is 1.88 bits per heavy atom. The zero-order valence-corrected chi connectivity index (χ0v) is 15.0. The van der Waals surface area contributed by atoms with Gasteiger partial charge in [-0.05, 0) is 46.1 Å². The van der Waals surface area contributed by atoms with Crippen molar-refractivity contribution in [2.45, 2.75) is 25.1 Å². The zero-order chi connectivity index (χ0) is 17.7. The van der Waals surface area contributed by atoms with Gasteiger partial charge in [0, 0.05) is 0 Å². The van der Waals surface area contributed by atoms with E-state index < -0.39 is 24.2 Å². The Balaban J connectivity index is 2.43. The highest BCUT2D eigenvalue weighted by atomic mass is 79.9. The van der Waals surface area contributed by atoms with Crippen LogP contribution in [0.25, 0.3) is 0 Å². The van der Waals surface area contributed by atoms with E-state index in [0.717, 1.165) is 11.1 Å². The summed E-state index contributed by atoms with van der Waals surface area (Å²) in [5.74, 6) is -0.933. The molecule has 128 valence electrons. The number of rotatable bonds is 6. The van der Waals surface area contributed by atoms with E-state index in [1.165, 1.54) is 20.1 Å². The van der Waals surface area contributed by atoms with Crippen LogP contribution >= 0.6 is 15.9 Å². The van der Waals surface area contributed by atoms with Crippen LogP contribution in [0.3, 0.4) is 0 Å². The van der Waals surface area contributed by atoms with E-state index in [1.54, 1.807) is 12.1 Å². The number of benzene rings is 2. The monoisotopic (exact) mass is 395 g/mol. The Morgan fingerprint density at radius 1 is 1.21 bits per heavy atom. The van der Waals surface area contributed by atoms with Crippen LogP contribution in [0.4, 0.5) is 4.39 Å². The lowest BCUT2D eigenvalue weighted by Gasteiger charge is -2.27. The molecule has 0 aromatic heterocycles. The van der Waals surface area contributed by atoms with Crippen molar-refractivity contribution in [2.75, 3.05) is 7.11 Å². The molecule has 0 amide bonds. The fourth-order valence-electron chi connectivity index (χ4n) is 2.43. The molecule has 0 spiro atoms. The molecule has 0 bridgehead atoms. The first-order valence-electron chi connectivity index (χ1n) is 7.46. The van der Waals surface area contributed by atoms with E-state index in [2.05, 4.69) is 21.2 Å². The van der Waals surface area contributed by atoms with Crippen LogP contribution in [0.1, 0.15) is 24.1 Å². The fourth-order valence-corrected chi connectivity index (χ4v) is 2.83. The molecule has 0 aliphatic heterocycles. The quantitative estimate of drug-likeness (QED) is 0.737. The van der Waals surface area contributed by atoms with Gasteiger partial charge in [-0.2, -0.15) is 0 Å². The number of halogens is 2. The van der Waals surface area contributed by atoms with Crippen molar-refractivity contribution in [1.29, 1.82) is 0 Å². The lowest BCUT2D eigenvalue weighted by atomic mass is 9.97. The first-order chi connectivity index (χ1) is 11.4. The molecule has 0 saturated carbocycles. The number of aliphatic hydroxyl groups excluding tert-OH is 1. The molecule has 0 radical (unpaired) electrons. The van der Waals surface area contributed by atoms with Crippen LogP contribution in [0.5, 0.6) is 0 Å². The Bertz CT molecular complexity index is 694. The topological polar surface area (TPSA) is 58.6 Å². The maximum atomic E-state index is 13.6. The van der Waals surface area contributed by atoms with Crippen molar-refractivity contribution >= 4 is 21.9 Å². The van der Waals surface area contributed by atoms with Crippen LogP contribution < -0.4 is 5.32 Å². The number of methoxy groups -OCH3 is 1. The van der Waals surface area contributed by atoms with E-state index >= 15 is 0 Å². The minimum atomic E-state index is -0.951. The third-order valence-corrected chi connectivity index (χ3v) is 4.30. The van der Waals surface area contributed by atoms with Crippen molar-refractivity contribution in [3.05, 3.63) is 69.9 Å². The third-order valence-electron chi connectivity index (χ3n) is 3.69. The minimum Gasteiger partial charge on any atom is -0.468 e. The summed E-state index contributed by atoms with van der Waals surface area (Å²) in [6, 6.07) is 12.7. The second kappa shape index (κ2) is 8.37. The molecule has 3 atom stereocenters. The minimum absolute atomic E-state index is 0.328. The third kappa shape index (κ3) is 4.41. The summed E-state index contributed by atoms with van der Waals surface area (Å²) in [5, 5.41) is 13.0. The first kappa shape index (κ1) is 18.6. The van der Waals surface area contributed by atoms with Crippen molar-refractivity contribution in [1.82, 2.24) is 5.32 Å². The van der Waals surface area contributed by atoms with Gasteiger partial charge in [0.1, 0.15) is 11.9 Å². The Hall–Kier alpha value is -1.76. The largest absolute Gasteiger partial charge is 0.468 e. The predicted molar refractivity (Wildman–Crippen MR) is 93.0 cm³/mol. The summed E-state index contributed by atoms with van der Waals surface area (Å²) < 4.78 is 18.6. The SMILES string of the molecule is COC(=O)[C@@H](NC(c1ccccc1)c1ccc(F)c(Br)c1)[C@@H](C)O. The van der Waals surface area contributed by atoms with Gasteiger partial charge in [0.05, 0.1) is 23.7 Å². The average molecular weight is 396 g/mol. The number of hydrogen-bond donors (Lipinski definition) is 2. The smallest absolute Gasteiger partial charge is 0.325 e. The molecule has 0 aliphatic rings. The number of nitrogens with one attached hydrogen (secondary N) is 1. The van der Waals surface area contributed by atoms with Crippen molar-refractivity contribution < 1.29 is 19.0 Å². The molecule has 2 rings (SSSR count). The van der Waals surface area contributed by atoms with Gasteiger partial charge in [-0.15, -0.1) is 0 Å². The van der Waals surface area contributed by atoms with Gasteiger partial charge >= 0.3 is 5.97 Å². The average Bonchev–Trinajstić information content (AvgIpc) is 2.58. The molecule has 0 aliphatic carbocycles. The van der Waals surface area contributed by atoms with Gasteiger partial charge in [-0.1, -0.05) is 36.4 Å². The van der Waals surface area contributed by atoms with Gasteiger partial charge in [-0.25, -0.2) is 4.39 Å². The van der Waals surface area contributed by atoms with Crippen molar-refractivity contribution in [3.8, 4) is 0 Å². The number of carbonyl (C=O) groups is 1. The summed E-state index contributed by atoms with van der Waals surface area (Å²) in [6.07, 6.45) is -0.951. The highest BCUT2D eigenvalue weighted by Gasteiger charge is 2.28. The molecular formula is C18H19BrFNO3. The zero-order valence-electron chi connectivity index (χ0n) is 13.4. The van der Waals surface area contributed by atoms with Crippen LogP contribution in [0, 0.1) is 5.82 Å². The lowest BCUT2D eigenvalue weighted by Crippen LogP contribution is -2.47. The Labute approximate surface area is 148 Å². The summed E-state index contributed by atoms with van der Waals surface area (Å²) in [7, 11) is 1.27. The van der Waals surface area contributed by atoms with E-state index in [9.17, 15) is 14.3 Å². The Morgan fingerprint density at radius 3 is 2.42 bits per heavy atom. The van der Waals surface area contributed by atoms with Gasteiger partial charge in [0.2, 0.25) is 0 Å². The normalized spacial score (nSPS) is 14.7. The maximum Gasteiger partial charge on any atom is 0.325 e. The molecule has 0 saturated heterocycles. The molecule has 0 heterocycles. The molecule has 6 heteroatoms. The van der Waals surface area contributed by atoms with Gasteiger partial charge in [0.15, 0.2) is 0 Å². The van der Waals surface area contributed by atoms with Gasteiger partial charge in [0.25, 0.3) is 0 Å². The van der Waals surface area contributed by atoms with Crippen LogP contribution in [0.15, 0.2) is 53.0 Å². The lowest BCUT2D eigenvalue weighted by molar-refractivity contribution is -0.146. The molecule has 2 aromatic carbocycles. The molecular weight excluding hydrogens is 377 g/mol. The van der Waals surface area contributed by atoms with Crippen molar-refractivity contribution in [2.24, 2.45) is 0 Å². The number of ether oxygens (including phenoxy) is 1. The van der Waals surface area contributed by atoms with Crippen LogP contribution in [0.2, 0.25) is 0 Å². The number of aliphatic hydroxyl groups is 1. The fraction of sp³-hybridized carbons (Fsp3) is 0.278. The Kier molecular flexibility index (Phi) is 6.48. The highest BCUT2D eigenvalue weighted by Crippen LogP contribution is 2.27. The van der Waals surface area contributed by atoms with Crippen LogP contribution in [-0.4, -0.2) is 30.3 Å². The van der Waals surface area contributed by atoms with Crippen LogP contribution in [-0.2, 0) is 9.53 Å². The number of hydrogen-bond acceptors (Lipinski definition) is 4. The predicted octanol–water partition coefficient (Wildman–Crippen LogP) is 3.19. The van der Waals surface area contributed by atoms with E-state index in [4.69, 9.17) is 4.74 Å². The molecule has 2 N–H and O–H groups in total. The summed E-state index contributed by atoms with van der Waals surface area (Å²) in [4.78, 5) is 12.0. The molecule has 4 nitrogen and oxygen atoms in total. The highest BCUT2D eigenvalue weighted by molar-refractivity contribution is 9.10. The summed E-state index contributed by atoms with van der Waals surface area (Å²) in [5.41, 5.74) is 1.63. The number of carbonyl (C=O) groups excluding carboxylic acids is 1. The van der Waals surface area contributed by atoms with E-state index in [0.29, 0.717) is 4.47 Å². The van der Waals surface area contributed by atoms with Gasteiger partial charge < -0.3 is 9.84 Å². The molecule has 2 aromatic rings. The molecule has 1 unspecified atom stereocenters. The van der Waals surface area contributed by atoms with E-state index in [-0.39, 0.29) is 5.82 Å². The van der Waals surface area contributed by atoms with Crippen molar-refractivity contribution in [3.63, 3.8) is 0 Å². The molecule has 0 fully saturated rings. The standard InChI is InChI=1S/C18H19BrFNO3/c1-11(22)16(18(23)24-2)21-17(12-6-4-3-5-7-12)13-8-9-15(20)14(19)10-13/h3-11,16-17,21-22H,1-2H3/t11-,16+,17?/m1/s1.